The second-order valence-electron chi connectivity index (χ2n) is 5.43. The summed E-state index contributed by atoms with van der Waals surface area (Å²) in [5.74, 6) is 0.798. The molecular formula is C19H28IN3O2S. The van der Waals surface area contributed by atoms with Crippen LogP contribution in [-0.2, 0) is 29.2 Å². The van der Waals surface area contributed by atoms with Crippen molar-refractivity contribution in [3.63, 3.8) is 0 Å². The molecule has 0 unspecified atom stereocenters. The van der Waals surface area contributed by atoms with Gasteiger partial charge in [-0.25, -0.2) is 0 Å². The lowest BCUT2D eigenvalue weighted by atomic mass is 10.1. The summed E-state index contributed by atoms with van der Waals surface area (Å²) in [6.45, 7) is 6.08. The number of guanidine groups is 1. The topological polar surface area (TPSA) is 54.9 Å². The quantitative estimate of drug-likeness (QED) is 0.231. The van der Waals surface area contributed by atoms with E-state index in [1.54, 1.807) is 18.4 Å². The molecule has 2 aromatic rings. The van der Waals surface area contributed by atoms with Crippen molar-refractivity contribution in [3.8, 4) is 0 Å². The first-order chi connectivity index (χ1) is 12.3. The van der Waals surface area contributed by atoms with Crippen LogP contribution in [0.25, 0.3) is 0 Å². The van der Waals surface area contributed by atoms with Crippen LogP contribution in [0.2, 0.25) is 0 Å². The highest BCUT2D eigenvalue weighted by atomic mass is 127. The zero-order valence-electron chi connectivity index (χ0n) is 15.4. The van der Waals surface area contributed by atoms with Gasteiger partial charge in [-0.05, 0) is 29.5 Å². The molecule has 144 valence electrons. The molecule has 0 amide bonds. The third-order valence-corrected chi connectivity index (χ3v) is 4.41. The van der Waals surface area contributed by atoms with Crippen LogP contribution in [0.4, 0.5) is 0 Å². The van der Waals surface area contributed by atoms with Gasteiger partial charge in [-0.2, -0.15) is 0 Å². The Morgan fingerprint density at radius 1 is 1.04 bits per heavy atom. The van der Waals surface area contributed by atoms with Crippen molar-refractivity contribution < 1.29 is 9.47 Å². The lowest BCUT2D eigenvalue weighted by Crippen LogP contribution is -2.36. The fourth-order valence-electron chi connectivity index (χ4n) is 2.27. The predicted molar refractivity (Wildman–Crippen MR) is 119 cm³/mol. The molecule has 0 saturated heterocycles. The fourth-order valence-corrected chi connectivity index (χ4v) is 2.92. The Morgan fingerprint density at radius 2 is 1.81 bits per heavy atom. The average Bonchev–Trinajstić information content (AvgIpc) is 3.16. The summed E-state index contributed by atoms with van der Waals surface area (Å²) in [6, 6.07) is 12.6. The molecular weight excluding hydrogens is 461 g/mol. The first kappa shape index (κ1) is 22.9. The molecule has 1 aromatic heterocycles. The van der Waals surface area contributed by atoms with E-state index in [0.717, 1.165) is 31.2 Å². The Labute approximate surface area is 177 Å². The lowest BCUT2D eigenvalue weighted by molar-refractivity contribution is 0.0453. The van der Waals surface area contributed by atoms with E-state index in [4.69, 9.17) is 9.47 Å². The zero-order chi connectivity index (χ0) is 17.7. The van der Waals surface area contributed by atoms with Crippen molar-refractivity contribution in [2.24, 2.45) is 4.99 Å². The van der Waals surface area contributed by atoms with Gasteiger partial charge in [0.2, 0.25) is 0 Å². The largest absolute Gasteiger partial charge is 0.379 e. The molecule has 1 aromatic carbocycles. The maximum absolute atomic E-state index is 5.62. The molecule has 2 rings (SSSR count). The fraction of sp³-hybridized carbons (Fsp3) is 0.421. The maximum Gasteiger partial charge on any atom is 0.191 e. The molecule has 0 saturated carbocycles. The Morgan fingerprint density at radius 3 is 2.54 bits per heavy atom. The molecule has 0 spiro atoms. The van der Waals surface area contributed by atoms with Gasteiger partial charge in [0.1, 0.15) is 0 Å². The van der Waals surface area contributed by atoms with Crippen molar-refractivity contribution in [2.45, 2.75) is 26.6 Å². The molecule has 0 aliphatic heterocycles. The minimum atomic E-state index is 0. The summed E-state index contributed by atoms with van der Waals surface area (Å²) in [5, 5.41) is 8.74. The Kier molecular flexibility index (Phi) is 12.3. The van der Waals surface area contributed by atoms with E-state index in [0.29, 0.717) is 19.8 Å². The van der Waals surface area contributed by atoms with Gasteiger partial charge in [0.15, 0.2) is 5.96 Å². The zero-order valence-corrected chi connectivity index (χ0v) is 18.5. The number of aliphatic imine (C=N–C) groups is 1. The number of benzene rings is 1. The molecule has 0 aliphatic carbocycles. The number of halogens is 1. The van der Waals surface area contributed by atoms with Gasteiger partial charge < -0.3 is 20.1 Å². The van der Waals surface area contributed by atoms with E-state index < -0.39 is 0 Å². The van der Waals surface area contributed by atoms with Crippen LogP contribution in [0.15, 0.2) is 46.8 Å². The third kappa shape index (κ3) is 8.98. The van der Waals surface area contributed by atoms with Crippen LogP contribution < -0.4 is 10.6 Å². The van der Waals surface area contributed by atoms with Crippen LogP contribution in [0.5, 0.6) is 0 Å². The van der Waals surface area contributed by atoms with E-state index in [2.05, 4.69) is 57.4 Å². The average molecular weight is 489 g/mol. The molecule has 2 N–H and O–H groups in total. The minimum absolute atomic E-state index is 0. The van der Waals surface area contributed by atoms with Crippen LogP contribution >= 0.6 is 35.3 Å². The van der Waals surface area contributed by atoms with E-state index in [9.17, 15) is 0 Å². The molecule has 1 heterocycles. The monoisotopic (exact) mass is 489 g/mol. The first-order valence-corrected chi connectivity index (χ1v) is 9.40. The van der Waals surface area contributed by atoms with Crippen molar-refractivity contribution >= 4 is 41.3 Å². The highest BCUT2D eigenvalue weighted by Crippen LogP contribution is 2.08. The molecule has 0 radical (unpaired) electrons. The molecule has 0 aliphatic rings. The maximum atomic E-state index is 5.62. The number of thiophene rings is 1. The summed E-state index contributed by atoms with van der Waals surface area (Å²) in [7, 11) is 1.78. The van der Waals surface area contributed by atoms with Gasteiger partial charge >= 0.3 is 0 Å². The van der Waals surface area contributed by atoms with Crippen LogP contribution in [0, 0.1) is 0 Å². The SMILES string of the molecule is CCOCCOCc1cccc(CNC(=NC)NCc2cccs2)c1.I. The number of ether oxygens (including phenoxy) is 2. The van der Waals surface area contributed by atoms with E-state index >= 15 is 0 Å². The van der Waals surface area contributed by atoms with Gasteiger partial charge in [0, 0.05) is 25.1 Å². The summed E-state index contributed by atoms with van der Waals surface area (Å²) < 4.78 is 10.9. The van der Waals surface area contributed by atoms with Crippen molar-refractivity contribution in [2.75, 3.05) is 26.9 Å². The van der Waals surface area contributed by atoms with Crippen LogP contribution in [-0.4, -0.2) is 32.8 Å². The second kappa shape index (κ2) is 14.0. The van der Waals surface area contributed by atoms with E-state index in [1.165, 1.54) is 10.4 Å². The summed E-state index contributed by atoms with van der Waals surface area (Å²) in [4.78, 5) is 5.55. The highest BCUT2D eigenvalue weighted by molar-refractivity contribution is 14.0. The minimum Gasteiger partial charge on any atom is -0.379 e. The number of nitrogens with one attached hydrogen (secondary N) is 2. The molecule has 0 fully saturated rings. The van der Waals surface area contributed by atoms with Crippen LogP contribution in [0.3, 0.4) is 0 Å². The Balaban J connectivity index is 0.00000338. The summed E-state index contributed by atoms with van der Waals surface area (Å²) >= 11 is 1.74. The smallest absolute Gasteiger partial charge is 0.191 e. The van der Waals surface area contributed by atoms with Gasteiger partial charge in [-0.15, -0.1) is 35.3 Å². The number of nitrogens with zero attached hydrogens (tertiary/aromatic N) is 1. The Bertz CT molecular complexity index is 635. The van der Waals surface area contributed by atoms with E-state index in [-0.39, 0.29) is 24.0 Å². The third-order valence-electron chi connectivity index (χ3n) is 3.53. The number of hydrogen-bond acceptors (Lipinski definition) is 4. The summed E-state index contributed by atoms with van der Waals surface area (Å²) in [5.41, 5.74) is 2.36. The van der Waals surface area contributed by atoms with Gasteiger partial charge in [0.25, 0.3) is 0 Å². The Hall–Kier alpha value is -1.16. The van der Waals surface area contributed by atoms with Gasteiger partial charge in [-0.3, -0.25) is 4.99 Å². The van der Waals surface area contributed by atoms with Gasteiger partial charge in [-0.1, -0.05) is 30.3 Å². The molecule has 0 bridgehead atoms. The molecule has 7 heteroatoms. The number of hydrogen-bond donors (Lipinski definition) is 2. The van der Waals surface area contributed by atoms with Crippen molar-refractivity contribution in [1.82, 2.24) is 10.6 Å². The van der Waals surface area contributed by atoms with Gasteiger partial charge in [0.05, 0.1) is 26.4 Å². The predicted octanol–water partition coefficient (Wildman–Crippen LogP) is 3.78. The lowest BCUT2D eigenvalue weighted by Gasteiger charge is -2.12. The second-order valence-corrected chi connectivity index (χ2v) is 6.46. The first-order valence-electron chi connectivity index (χ1n) is 8.52. The standard InChI is InChI=1S/C19H27N3O2S.HI/c1-3-23-9-10-24-15-17-7-4-6-16(12-17)13-21-19(20-2)22-14-18-8-5-11-25-18;/h4-8,11-12H,3,9-10,13-15H2,1-2H3,(H2,20,21,22);1H. The van der Waals surface area contributed by atoms with Crippen molar-refractivity contribution in [3.05, 3.63) is 57.8 Å². The molecule has 5 nitrogen and oxygen atoms in total. The van der Waals surface area contributed by atoms with Crippen LogP contribution in [0.1, 0.15) is 22.9 Å². The molecule has 26 heavy (non-hydrogen) atoms. The normalized spacial score (nSPS) is 11.1. The molecule has 0 atom stereocenters. The van der Waals surface area contributed by atoms with Crippen molar-refractivity contribution in [1.29, 1.82) is 0 Å². The van der Waals surface area contributed by atoms with E-state index in [1.807, 2.05) is 6.92 Å². The summed E-state index contributed by atoms with van der Waals surface area (Å²) in [6.07, 6.45) is 0. The number of rotatable bonds is 10. The highest BCUT2D eigenvalue weighted by Gasteiger charge is 2.01.